The van der Waals surface area contributed by atoms with Gasteiger partial charge in [0.1, 0.15) is 11.3 Å². The third kappa shape index (κ3) is 3.11. The Morgan fingerprint density at radius 1 is 1.33 bits per heavy atom. The van der Waals surface area contributed by atoms with Crippen molar-refractivity contribution in [2.75, 3.05) is 33.7 Å². The van der Waals surface area contributed by atoms with Gasteiger partial charge in [-0.15, -0.1) is 0 Å². The molecule has 0 radical (unpaired) electrons. The lowest BCUT2D eigenvalue weighted by atomic mass is 10.0. The Morgan fingerprint density at radius 3 is 2.90 bits per heavy atom. The Labute approximate surface area is 125 Å². The molecule has 1 aliphatic heterocycles. The van der Waals surface area contributed by atoms with E-state index in [9.17, 15) is 0 Å². The second kappa shape index (κ2) is 6.15. The van der Waals surface area contributed by atoms with Crippen LogP contribution < -0.4 is 11.3 Å². The van der Waals surface area contributed by atoms with E-state index in [1.807, 2.05) is 18.2 Å². The van der Waals surface area contributed by atoms with Gasteiger partial charge in [-0.05, 0) is 32.6 Å². The number of likely N-dealkylation sites (N-methyl/N-ethyl adjacent to an activating group) is 2. The third-order valence-electron chi connectivity index (χ3n) is 4.48. The Kier molecular flexibility index (Phi) is 4.26. The highest BCUT2D eigenvalue weighted by Crippen LogP contribution is 2.27. The molecule has 21 heavy (non-hydrogen) atoms. The fourth-order valence-electron chi connectivity index (χ4n) is 3.07. The quantitative estimate of drug-likeness (QED) is 0.661. The van der Waals surface area contributed by atoms with Gasteiger partial charge < -0.3 is 14.2 Å². The molecule has 114 valence electrons. The van der Waals surface area contributed by atoms with E-state index >= 15 is 0 Å². The molecule has 2 aromatic rings. The lowest BCUT2D eigenvalue weighted by molar-refractivity contribution is 0.0990. The summed E-state index contributed by atoms with van der Waals surface area (Å²) in [5.41, 5.74) is 3.84. The Hall–Kier alpha value is -1.40. The standard InChI is InChI=1S/C16H24N4O/c1-19-7-8-20(2)13(11-19)10-14(18-17)16-9-12-5-3-4-6-15(12)21-16/h3-6,9,13-14,18H,7-8,10-11,17H2,1-2H3. The van der Waals surface area contributed by atoms with E-state index in [1.165, 1.54) is 0 Å². The van der Waals surface area contributed by atoms with Crippen LogP contribution in [0.15, 0.2) is 34.7 Å². The number of hydrazine groups is 1. The largest absolute Gasteiger partial charge is 0.459 e. The molecule has 1 aromatic heterocycles. The summed E-state index contributed by atoms with van der Waals surface area (Å²) in [7, 11) is 4.36. The maximum absolute atomic E-state index is 5.95. The molecule has 5 nitrogen and oxygen atoms in total. The van der Waals surface area contributed by atoms with Gasteiger partial charge in [-0.3, -0.25) is 5.84 Å². The highest BCUT2D eigenvalue weighted by atomic mass is 16.3. The number of hydrogen-bond donors (Lipinski definition) is 2. The maximum Gasteiger partial charge on any atom is 0.134 e. The van der Waals surface area contributed by atoms with Crippen LogP contribution in [-0.4, -0.2) is 49.6 Å². The van der Waals surface area contributed by atoms with Crippen molar-refractivity contribution in [3.05, 3.63) is 36.1 Å². The number of rotatable bonds is 4. The van der Waals surface area contributed by atoms with Gasteiger partial charge in [0.05, 0.1) is 6.04 Å². The van der Waals surface area contributed by atoms with Crippen LogP contribution in [0.1, 0.15) is 18.2 Å². The minimum Gasteiger partial charge on any atom is -0.459 e. The van der Waals surface area contributed by atoms with E-state index < -0.39 is 0 Å². The molecule has 0 aliphatic carbocycles. The van der Waals surface area contributed by atoms with Crippen molar-refractivity contribution < 1.29 is 4.42 Å². The first kappa shape index (κ1) is 14.5. The molecule has 2 atom stereocenters. The average molecular weight is 288 g/mol. The van der Waals surface area contributed by atoms with Crippen molar-refractivity contribution in [2.45, 2.75) is 18.5 Å². The molecule has 1 aromatic carbocycles. The fourth-order valence-corrected chi connectivity index (χ4v) is 3.07. The zero-order valence-corrected chi connectivity index (χ0v) is 12.7. The summed E-state index contributed by atoms with van der Waals surface area (Å²) in [4.78, 5) is 4.78. The zero-order valence-electron chi connectivity index (χ0n) is 12.7. The van der Waals surface area contributed by atoms with Crippen LogP contribution in [0.5, 0.6) is 0 Å². The molecule has 1 aliphatic rings. The Balaban J connectivity index is 1.77. The minimum atomic E-state index is 0.0383. The van der Waals surface area contributed by atoms with Crippen LogP contribution in [0.2, 0.25) is 0 Å². The van der Waals surface area contributed by atoms with E-state index in [0.717, 1.165) is 42.8 Å². The van der Waals surface area contributed by atoms with E-state index in [-0.39, 0.29) is 6.04 Å². The first-order valence-corrected chi connectivity index (χ1v) is 7.51. The maximum atomic E-state index is 5.95. The summed E-state index contributed by atoms with van der Waals surface area (Å²) in [5, 5.41) is 1.13. The number of benzene rings is 1. The van der Waals surface area contributed by atoms with E-state index in [4.69, 9.17) is 10.3 Å². The van der Waals surface area contributed by atoms with Crippen molar-refractivity contribution in [3.8, 4) is 0 Å². The lowest BCUT2D eigenvalue weighted by Crippen LogP contribution is -2.51. The van der Waals surface area contributed by atoms with Crippen LogP contribution >= 0.6 is 0 Å². The average Bonchev–Trinajstić information content (AvgIpc) is 2.91. The summed E-state index contributed by atoms with van der Waals surface area (Å²) in [6.45, 7) is 3.28. The zero-order chi connectivity index (χ0) is 14.8. The van der Waals surface area contributed by atoms with Crippen molar-refractivity contribution in [3.63, 3.8) is 0 Å². The van der Waals surface area contributed by atoms with E-state index in [2.05, 4.69) is 41.5 Å². The summed E-state index contributed by atoms with van der Waals surface area (Å²) < 4.78 is 5.95. The second-order valence-electron chi connectivity index (χ2n) is 6.04. The van der Waals surface area contributed by atoms with Crippen LogP contribution in [0.3, 0.4) is 0 Å². The molecule has 3 rings (SSSR count). The van der Waals surface area contributed by atoms with Gasteiger partial charge in [0.25, 0.3) is 0 Å². The summed E-state index contributed by atoms with van der Waals surface area (Å²) in [5.74, 6) is 6.70. The lowest BCUT2D eigenvalue weighted by Gasteiger charge is -2.39. The molecule has 0 amide bonds. The number of fused-ring (bicyclic) bond motifs is 1. The Morgan fingerprint density at radius 2 is 2.14 bits per heavy atom. The molecule has 1 saturated heterocycles. The number of furan rings is 1. The van der Waals surface area contributed by atoms with Gasteiger partial charge >= 0.3 is 0 Å². The van der Waals surface area contributed by atoms with Crippen LogP contribution in [0.4, 0.5) is 0 Å². The van der Waals surface area contributed by atoms with Gasteiger partial charge in [0.15, 0.2) is 0 Å². The van der Waals surface area contributed by atoms with Gasteiger partial charge in [-0.25, -0.2) is 5.43 Å². The highest BCUT2D eigenvalue weighted by molar-refractivity contribution is 5.77. The summed E-state index contributed by atoms with van der Waals surface area (Å²) in [6.07, 6.45) is 0.942. The molecule has 2 heterocycles. The first-order chi connectivity index (χ1) is 10.2. The number of hydrogen-bond acceptors (Lipinski definition) is 5. The number of para-hydroxylation sites is 1. The minimum absolute atomic E-state index is 0.0383. The molecular weight excluding hydrogens is 264 g/mol. The number of nitrogens with zero attached hydrogens (tertiary/aromatic N) is 2. The molecular formula is C16H24N4O. The van der Waals surface area contributed by atoms with Gasteiger partial charge in [0, 0.05) is 31.1 Å². The summed E-state index contributed by atoms with van der Waals surface area (Å²) >= 11 is 0. The predicted octanol–water partition coefficient (Wildman–Crippen LogP) is 1.57. The fraction of sp³-hybridized carbons (Fsp3) is 0.500. The van der Waals surface area contributed by atoms with Crippen LogP contribution in [0, 0.1) is 0 Å². The molecule has 0 bridgehead atoms. The molecule has 0 saturated carbocycles. The second-order valence-corrected chi connectivity index (χ2v) is 6.04. The molecule has 5 heteroatoms. The van der Waals surface area contributed by atoms with Crippen molar-refractivity contribution >= 4 is 11.0 Å². The van der Waals surface area contributed by atoms with E-state index in [1.54, 1.807) is 0 Å². The number of nitrogens with two attached hydrogens (primary N) is 1. The van der Waals surface area contributed by atoms with Crippen molar-refractivity contribution in [1.29, 1.82) is 0 Å². The van der Waals surface area contributed by atoms with Gasteiger partial charge in [-0.1, -0.05) is 18.2 Å². The molecule has 0 spiro atoms. The topological polar surface area (TPSA) is 57.7 Å². The monoisotopic (exact) mass is 288 g/mol. The normalized spacial score (nSPS) is 22.7. The molecule has 1 fully saturated rings. The predicted molar refractivity (Wildman–Crippen MR) is 84.8 cm³/mol. The van der Waals surface area contributed by atoms with Crippen molar-refractivity contribution in [1.82, 2.24) is 15.2 Å². The SMILES string of the molecule is CN1CCN(C)C(CC(NN)c2cc3ccccc3o2)C1. The van der Waals surface area contributed by atoms with Gasteiger partial charge in [0.2, 0.25) is 0 Å². The van der Waals surface area contributed by atoms with E-state index in [0.29, 0.717) is 6.04 Å². The number of piperazine rings is 1. The molecule has 2 unspecified atom stereocenters. The third-order valence-corrected chi connectivity index (χ3v) is 4.48. The highest BCUT2D eigenvalue weighted by Gasteiger charge is 2.27. The van der Waals surface area contributed by atoms with Crippen LogP contribution in [0.25, 0.3) is 11.0 Å². The first-order valence-electron chi connectivity index (χ1n) is 7.51. The van der Waals surface area contributed by atoms with Crippen LogP contribution in [-0.2, 0) is 0 Å². The summed E-state index contributed by atoms with van der Waals surface area (Å²) in [6, 6.07) is 10.7. The smallest absolute Gasteiger partial charge is 0.134 e. The molecule has 3 N–H and O–H groups in total. The Bertz CT molecular complexity index is 564. The number of nitrogens with one attached hydrogen (secondary N) is 1. The van der Waals surface area contributed by atoms with Gasteiger partial charge in [-0.2, -0.15) is 0 Å². The van der Waals surface area contributed by atoms with Crippen molar-refractivity contribution in [2.24, 2.45) is 5.84 Å².